The molecule has 0 aromatic heterocycles. The van der Waals surface area contributed by atoms with E-state index in [1.807, 2.05) is 13.8 Å². The Hall–Kier alpha value is -1.69. The molecule has 3 N–H and O–H groups in total. The van der Waals surface area contributed by atoms with Crippen molar-refractivity contribution in [1.82, 2.24) is 0 Å². The molecule has 6 heteroatoms. The van der Waals surface area contributed by atoms with Gasteiger partial charge >= 0.3 is 5.97 Å². The average molecular weight is 273 g/mol. The van der Waals surface area contributed by atoms with Crippen molar-refractivity contribution in [3.63, 3.8) is 0 Å². The van der Waals surface area contributed by atoms with E-state index >= 15 is 0 Å². The van der Waals surface area contributed by atoms with Crippen LogP contribution in [0.1, 0.15) is 30.6 Å². The second kappa shape index (κ2) is 6.47. The molecule has 0 radical (unpaired) electrons. The highest BCUT2D eigenvalue weighted by molar-refractivity contribution is 5.88. The predicted molar refractivity (Wildman–Crippen MR) is 67.3 cm³/mol. The van der Waals surface area contributed by atoms with E-state index < -0.39 is 34.9 Å². The van der Waals surface area contributed by atoms with Gasteiger partial charge in [-0.05, 0) is 24.5 Å². The third kappa shape index (κ3) is 4.17. The van der Waals surface area contributed by atoms with Gasteiger partial charge in [0.1, 0.15) is 17.3 Å². The molecule has 1 aromatic rings. The molecule has 0 amide bonds. The number of aromatic carboxylic acids is 1. The molecule has 19 heavy (non-hydrogen) atoms. The summed E-state index contributed by atoms with van der Waals surface area (Å²) in [5.74, 6) is -3.13. The molecule has 0 bridgehead atoms. The minimum Gasteiger partial charge on any atom is -0.478 e. The average Bonchev–Trinajstić information content (AvgIpc) is 2.31. The summed E-state index contributed by atoms with van der Waals surface area (Å²) < 4.78 is 27.3. The summed E-state index contributed by atoms with van der Waals surface area (Å²) in [4.78, 5) is 10.6. The van der Waals surface area contributed by atoms with Crippen molar-refractivity contribution in [2.24, 2.45) is 5.92 Å². The molecule has 0 aliphatic rings. The number of anilines is 1. The van der Waals surface area contributed by atoms with E-state index in [0.29, 0.717) is 6.42 Å². The fourth-order valence-electron chi connectivity index (χ4n) is 1.79. The Kier molecular flexibility index (Phi) is 5.23. The number of aliphatic hydroxyl groups excluding tert-OH is 1. The summed E-state index contributed by atoms with van der Waals surface area (Å²) in [5, 5.41) is 20.4. The normalized spacial score (nSPS) is 12.5. The number of benzene rings is 1. The highest BCUT2D eigenvalue weighted by Gasteiger charge is 2.18. The Morgan fingerprint density at radius 2 is 1.84 bits per heavy atom. The van der Waals surface area contributed by atoms with Crippen LogP contribution in [0.25, 0.3) is 0 Å². The van der Waals surface area contributed by atoms with Crippen LogP contribution in [0.3, 0.4) is 0 Å². The first-order chi connectivity index (χ1) is 8.85. The lowest BCUT2D eigenvalue weighted by molar-refractivity contribution is 0.0696. The van der Waals surface area contributed by atoms with Crippen LogP contribution in [0.5, 0.6) is 0 Å². The Labute approximate surface area is 110 Å². The molecule has 0 heterocycles. The standard InChI is InChI=1S/C13H17F2NO3/c1-7(2)3-9(6-17)16-12-10(14)4-8(13(18)19)5-11(12)15/h4-5,7,9,16-17H,3,6H2,1-2H3,(H,18,19). The third-order valence-corrected chi connectivity index (χ3v) is 2.61. The number of hydrogen-bond donors (Lipinski definition) is 3. The summed E-state index contributed by atoms with van der Waals surface area (Å²) in [6.07, 6.45) is 0.538. The topological polar surface area (TPSA) is 69.6 Å². The van der Waals surface area contributed by atoms with E-state index in [4.69, 9.17) is 10.2 Å². The molecule has 1 rings (SSSR count). The number of rotatable bonds is 6. The molecule has 1 aromatic carbocycles. The summed E-state index contributed by atoms with van der Waals surface area (Å²) in [6.45, 7) is 3.58. The molecule has 0 spiro atoms. The first-order valence-corrected chi connectivity index (χ1v) is 5.94. The molecule has 0 fully saturated rings. The smallest absolute Gasteiger partial charge is 0.335 e. The second-order valence-corrected chi connectivity index (χ2v) is 4.77. The van der Waals surface area contributed by atoms with Crippen LogP contribution in [0, 0.1) is 17.6 Å². The highest BCUT2D eigenvalue weighted by atomic mass is 19.1. The lowest BCUT2D eigenvalue weighted by Gasteiger charge is -2.20. The van der Waals surface area contributed by atoms with E-state index in [-0.39, 0.29) is 12.5 Å². The molecule has 1 atom stereocenters. The number of carboxylic acids is 1. The Morgan fingerprint density at radius 1 is 1.32 bits per heavy atom. The van der Waals surface area contributed by atoms with E-state index in [9.17, 15) is 13.6 Å². The summed E-state index contributed by atoms with van der Waals surface area (Å²) >= 11 is 0. The van der Waals surface area contributed by atoms with Crippen LogP contribution in [-0.2, 0) is 0 Å². The maximum Gasteiger partial charge on any atom is 0.335 e. The van der Waals surface area contributed by atoms with Crippen molar-refractivity contribution in [2.75, 3.05) is 11.9 Å². The molecular weight excluding hydrogens is 256 g/mol. The van der Waals surface area contributed by atoms with Crippen molar-refractivity contribution < 1.29 is 23.8 Å². The van der Waals surface area contributed by atoms with Gasteiger partial charge in [0, 0.05) is 6.04 Å². The number of carboxylic acid groups (broad SMARTS) is 1. The van der Waals surface area contributed by atoms with Crippen molar-refractivity contribution in [3.05, 3.63) is 29.3 Å². The van der Waals surface area contributed by atoms with E-state index in [1.165, 1.54) is 0 Å². The summed E-state index contributed by atoms with van der Waals surface area (Å²) in [6, 6.07) is 1.01. The number of hydrogen-bond acceptors (Lipinski definition) is 3. The maximum atomic E-state index is 13.7. The molecular formula is C13H17F2NO3. The van der Waals surface area contributed by atoms with Crippen LogP contribution in [0.4, 0.5) is 14.5 Å². The van der Waals surface area contributed by atoms with Crippen LogP contribution in [0.15, 0.2) is 12.1 Å². The molecule has 106 valence electrons. The first kappa shape index (κ1) is 15.4. The van der Waals surface area contributed by atoms with E-state index in [2.05, 4.69) is 5.32 Å². The quantitative estimate of drug-likeness (QED) is 0.744. The Bertz CT molecular complexity index is 440. The van der Waals surface area contributed by atoms with Gasteiger partial charge in [0.2, 0.25) is 0 Å². The van der Waals surface area contributed by atoms with Gasteiger partial charge in [0.15, 0.2) is 0 Å². The number of nitrogens with one attached hydrogen (secondary N) is 1. The van der Waals surface area contributed by atoms with Gasteiger partial charge < -0.3 is 15.5 Å². The van der Waals surface area contributed by atoms with Crippen molar-refractivity contribution in [2.45, 2.75) is 26.3 Å². The number of carbonyl (C=O) groups is 1. The molecule has 0 aliphatic carbocycles. The first-order valence-electron chi connectivity index (χ1n) is 5.94. The SMILES string of the molecule is CC(C)CC(CO)Nc1c(F)cc(C(=O)O)cc1F. The van der Waals surface area contributed by atoms with Gasteiger partial charge in [-0.3, -0.25) is 0 Å². The molecule has 1 unspecified atom stereocenters. The van der Waals surface area contributed by atoms with Crippen molar-refractivity contribution in [1.29, 1.82) is 0 Å². The fraction of sp³-hybridized carbons (Fsp3) is 0.462. The van der Waals surface area contributed by atoms with Gasteiger partial charge in [0.25, 0.3) is 0 Å². The molecule has 4 nitrogen and oxygen atoms in total. The number of aliphatic hydroxyl groups is 1. The summed E-state index contributed by atoms with van der Waals surface area (Å²) in [7, 11) is 0. The number of halogens is 2. The zero-order valence-electron chi connectivity index (χ0n) is 10.8. The Morgan fingerprint density at radius 3 is 2.21 bits per heavy atom. The lowest BCUT2D eigenvalue weighted by atomic mass is 10.0. The minimum absolute atomic E-state index is 0.245. The minimum atomic E-state index is -1.40. The Balaban J connectivity index is 2.97. The van der Waals surface area contributed by atoms with Crippen molar-refractivity contribution in [3.8, 4) is 0 Å². The van der Waals surface area contributed by atoms with Gasteiger partial charge in [0.05, 0.1) is 12.2 Å². The van der Waals surface area contributed by atoms with Crippen molar-refractivity contribution >= 4 is 11.7 Å². The molecule has 0 aliphatic heterocycles. The molecule has 0 saturated carbocycles. The summed E-state index contributed by atoms with van der Waals surface area (Å²) in [5.41, 5.74) is -0.866. The zero-order chi connectivity index (χ0) is 14.6. The van der Waals surface area contributed by atoms with E-state index in [0.717, 1.165) is 12.1 Å². The van der Waals surface area contributed by atoms with Gasteiger partial charge in [-0.15, -0.1) is 0 Å². The lowest BCUT2D eigenvalue weighted by Crippen LogP contribution is -2.26. The second-order valence-electron chi connectivity index (χ2n) is 4.77. The molecule has 0 saturated heterocycles. The predicted octanol–water partition coefficient (Wildman–Crippen LogP) is 2.48. The van der Waals surface area contributed by atoms with Crippen LogP contribution in [0.2, 0.25) is 0 Å². The third-order valence-electron chi connectivity index (χ3n) is 2.61. The highest BCUT2D eigenvalue weighted by Crippen LogP contribution is 2.23. The fourth-order valence-corrected chi connectivity index (χ4v) is 1.79. The van der Waals surface area contributed by atoms with Gasteiger partial charge in [-0.1, -0.05) is 13.8 Å². The monoisotopic (exact) mass is 273 g/mol. The van der Waals surface area contributed by atoms with Gasteiger partial charge in [-0.25, -0.2) is 13.6 Å². The maximum absolute atomic E-state index is 13.7. The van der Waals surface area contributed by atoms with Crippen LogP contribution >= 0.6 is 0 Å². The van der Waals surface area contributed by atoms with Gasteiger partial charge in [-0.2, -0.15) is 0 Å². The van der Waals surface area contributed by atoms with Crippen LogP contribution in [-0.4, -0.2) is 28.8 Å². The largest absolute Gasteiger partial charge is 0.478 e. The zero-order valence-corrected chi connectivity index (χ0v) is 10.8. The van der Waals surface area contributed by atoms with E-state index in [1.54, 1.807) is 0 Å². The van der Waals surface area contributed by atoms with Crippen LogP contribution < -0.4 is 5.32 Å².